The molecule has 1 aromatic carbocycles. The van der Waals surface area contributed by atoms with Crippen LogP contribution in [0, 0.1) is 6.92 Å². The van der Waals surface area contributed by atoms with Crippen LogP contribution in [-0.4, -0.2) is 40.7 Å². The highest BCUT2D eigenvalue weighted by molar-refractivity contribution is 5.84. The molecule has 148 valence electrons. The molecule has 0 saturated heterocycles. The Morgan fingerprint density at radius 1 is 1.14 bits per heavy atom. The number of aromatic amines is 1. The summed E-state index contributed by atoms with van der Waals surface area (Å²) in [6.07, 6.45) is 11.0. The molecule has 3 N–H and O–H groups in total. The van der Waals surface area contributed by atoms with Crippen LogP contribution in [0.1, 0.15) is 37.7 Å². The van der Waals surface area contributed by atoms with E-state index in [0.29, 0.717) is 12.0 Å². The summed E-state index contributed by atoms with van der Waals surface area (Å²) < 4.78 is 1.73. The van der Waals surface area contributed by atoms with Gasteiger partial charge in [0.2, 0.25) is 5.95 Å². The summed E-state index contributed by atoms with van der Waals surface area (Å²) in [4.78, 5) is 20.8. The van der Waals surface area contributed by atoms with E-state index in [4.69, 9.17) is 4.98 Å². The molecule has 0 atom stereocenters. The molecule has 9 nitrogen and oxygen atoms in total. The van der Waals surface area contributed by atoms with Crippen LogP contribution in [0.2, 0.25) is 0 Å². The number of benzene rings is 1. The summed E-state index contributed by atoms with van der Waals surface area (Å²) >= 11 is 0. The van der Waals surface area contributed by atoms with Crippen molar-refractivity contribution in [2.24, 2.45) is 0 Å². The largest absolute Gasteiger partial charge is 0.365 e. The van der Waals surface area contributed by atoms with Crippen molar-refractivity contribution in [3.63, 3.8) is 0 Å². The van der Waals surface area contributed by atoms with E-state index in [1.54, 1.807) is 17.3 Å². The molecule has 1 saturated carbocycles. The van der Waals surface area contributed by atoms with E-state index >= 15 is 0 Å². The lowest BCUT2D eigenvalue weighted by Crippen LogP contribution is -2.23. The lowest BCUT2D eigenvalue weighted by atomic mass is 9.95. The molecule has 0 aliphatic heterocycles. The maximum absolute atomic E-state index is 4.73. The number of anilines is 3. The smallest absolute Gasteiger partial charge is 0.231 e. The molecule has 4 aromatic rings. The zero-order valence-corrected chi connectivity index (χ0v) is 16.3. The third-order valence-electron chi connectivity index (χ3n) is 5.36. The Morgan fingerprint density at radius 3 is 2.83 bits per heavy atom. The first-order valence-corrected chi connectivity index (χ1v) is 9.96. The number of hydrogen-bond acceptors (Lipinski definition) is 7. The second-order valence-corrected chi connectivity index (χ2v) is 7.44. The number of fused-ring (bicyclic) bond motifs is 1. The highest BCUT2D eigenvalue weighted by Gasteiger charge is 2.17. The second-order valence-electron chi connectivity index (χ2n) is 7.44. The van der Waals surface area contributed by atoms with Crippen LogP contribution in [0.4, 0.5) is 17.5 Å². The van der Waals surface area contributed by atoms with Gasteiger partial charge in [-0.1, -0.05) is 19.3 Å². The molecule has 1 aliphatic rings. The molecule has 0 bridgehead atoms. The Hall–Kier alpha value is -3.49. The number of hydrogen-bond donors (Lipinski definition) is 3. The summed E-state index contributed by atoms with van der Waals surface area (Å²) in [6.45, 7) is 2.04. The molecular formula is C20H23N9. The van der Waals surface area contributed by atoms with Crippen molar-refractivity contribution in [2.45, 2.75) is 45.1 Å². The van der Waals surface area contributed by atoms with E-state index in [9.17, 15) is 0 Å². The van der Waals surface area contributed by atoms with Gasteiger partial charge in [-0.05, 0) is 43.5 Å². The van der Waals surface area contributed by atoms with Gasteiger partial charge < -0.3 is 15.6 Å². The number of nitrogens with one attached hydrogen (secondary N) is 3. The van der Waals surface area contributed by atoms with Gasteiger partial charge >= 0.3 is 0 Å². The molecule has 0 spiro atoms. The second kappa shape index (κ2) is 7.50. The molecule has 3 aromatic heterocycles. The van der Waals surface area contributed by atoms with E-state index in [-0.39, 0.29) is 0 Å². The van der Waals surface area contributed by atoms with E-state index in [2.05, 4.69) is 35.7 Å². The van der Waals surface area contributed by atoms with Gasteiger partial charge in [0.15, 0.2) is 11.5 Å². The third kappa shape index (κ3) is 3.63. The highest BCUT2D eigenvalue weighted by Crippen LogP contribution is 2.27. The lowest BCUT2D eigenvalue weighted by molar-refractivity contribution is 0.462. The van der Waals surface area contributed by atoms with Gasteiger partial charge in [-0.15, -0.1) is 0 Å². The van der Waals surface area contributed by atoms with Gasteiger partial charge in [-0.3, -0.25) is 0 Å². The van der Waals surface area contributed by atoms with E-state index < -0.39 is 0 Å². The molecule has 3 heterocycles. The van der Waals surface area contributed by atoms with Crippen molar-refractivity contribution in [3.05, 3.63) is 42.7 Å². The Bertz CT molecular complexity index is 1110. The predicted octanol–water partition coefficient (Wildman–Crippen LogP) is 3.73. The summed E-state index contributed by atoms with van der Waals surface area (Å²) in [5, 5.41) is 11.1. The Balaban J connectivity index is 1.43. The number of nitrogens with zero attached hydrogens (tertiary/aromatic N) is 6. The average molecular weight is 389 g/mol. The van der Waals surface area contributed by atoms with Crippen LogP contribution >= 0.6 is 0 Å². The fourth-order valence-electron chi connectivity index (χ4n) is 3.83. The first-order valence-electron chi connectivity index (χ1n) is 9.96. The first kappa shape index (κ1) is 17.6. The normalized spacial score (nSPS) is 14.9. The van der Waals surface area contributed by atoms with Gasteiger partial charge in [0.05, 0.1) is 12.0 Å². The fourth-order valence-corrected chi connectivity index (χ4v) is 3.83. The van der Waals surface area contributed by atoms with Crippen LogP contribution in [0.15, 0.2) is 37.2 Å². The van der Waals surface area contributed by atoms with Gasteiger partial charge in [0.25, 0.3) is 0 Å². The maximum atomic E-state index is 4.73. The standard InChI is InChI=1S/C20H23N9/c1-13-9-15(29-12-21-10-24-29)7-8-16(13)26-20-27-18-17(22-11-23-18)19(28-20)25-14-5-3-2-4-6-14/h7-12,14H,2-6H2,1H3,(H3,22,23,25,26,27,28). The minimum atomic E-state index is 0.440. The lowest BCUT2D eigenvalue weighted by Gasteiger charge is -2.23. The van der Waals surface area contributed by atoms with Crippen molar-refractivity contribution in [2.75, 3.05) is 10.6 Å². The Kier molecular flexibility index (Phi) is 4.55. The van der Waals surface area contributed by atoms with Crippen molar-refractivity contribution in [1.82, 2.24) is 34.7 Å². The highest BCUT2D eigenvalue weighted by atomic mass is 15.3. The molecular weight excluding hydrogens is 366 g/mol. The van der Waals surface area contributed by atoms with Crippen molar-refractivity contribution >= 4 is 28.6 Å². The van der Waals surface area contributed by atoms with Crippen LogP contribution in [0.5, 0.6) is 0 Å². The molecule has 0 radical (unpaired) electrons. The molecule has 0 unspecified atom stereocenters. The fraction of sp³-hybridized carbons (Fsp3) is 0.350. The van der Waals surface area contributed by atoms with Gasteiger partial charge in [-0.25, -0.2) is 14.6 Å². The monoisotopic (exact) mass is 389 g/mol. The molecule has 0 amide bonds. The van der Waals surface area contributed by atoms with Gasteiger partial charge in [0, 0.05) is 11.7 Å². The van der Waals surface area contributed by atoms with Crippen LogP contribution in [0.25, 0.3) is 16.9 Å². The Morgan fingerprint density at radius 2 is 2.03 bits per heavy atom. The SMILES string of the molecule is Cc1cc(-n2cncn2)ccc1Nc1nc(NC2CCCCC2)c2nc[nH]c2n1. The number of imidazole rings is 1. The molecule has 9 heteroatoms. The van der Waals surface area contributed by atoms with Crippen LogP contribution < -0.4 is 10.6 Å². The van der Waals surface area contributed by atoms with Crippen molar-refractivity contribution in [1.29, 1.82) is 0 Å². The van der Waals surface area contributed by atoms with Gasteiger partial charge in [-0.2, -0.15) is 15.1 Å². The maximum Gasteiger partial charge on any atom is 0.231 e. The summed E-state index contributed by atoms with van der Waals surface area (Å²) in [5.74, 6) is 1.32. The van der Waals surface area contributed by atoms with E-state index in [1.165, 1.54) is 38.4 Å². The third-order valence-corrected chi connectivity index (χ3v) is 5.36. The average Bonchev–Trinajstić information content (AvgIpc) is 3.42. The minimum Gasteiger partial charge on any atom is -0.365 e. The van der Waals surface area contributed by atoms with E-state index in [1.807, 2.05) is 25.1 Å². The summed E-state index contributed by atoms with van der Waals surface area (Å²) in [5.41, 5.74) is 4.46. The number of H-pyrrole nitrogens is 1. The molecule has 1 aliphatic carbocycles. The molecule has 1 fully saturated rings. The van der Waals surface area contributed by atoms with Crippen molar-refractivity contribution in [3.8, 4) is 5.69 Å². The first-order chi connectivity index (χ1) is 14.3. The minimum absolute atomic E-state index is 0.440. The molecule has 5 rings (SSSR count). The van der Waals surface area contributed by atoms with E-state index in [0.717, 1.165) is 33.9 Å². The zero-order chi connectivity index (χ0) is 19.6. The van der Waals surface area contributed by atoms with Gasteiger partial charge in [0.1, 0.15) is 18.2 Å². The molecule has 29 heavy (non-hydrogen) atoms. The summed E-state index contributed by atoms with van der Waals surface area (Å²) in [7, 11) is 0. The Labute approximate surface area is 168 Å². The zero-order valence-electron chi connectivity index (χ0n) is 16.3. The summed E-state index contributed by atoms with van der Waals surface area (Å²) in [6, 6.07) is 6.48. The quantitative estimate of drug-likeness (QED) is 0.477. The van der Waals surface area contributed by atoms with Crippen LogP contribution in [0.3, 0.4) is 0 Å². The number of aryl methyl sites for hydroxylation is 1. The van der Waals surface area contributed by atoms with Crippen molar-refractivity contribution < 1.29 is 0 Å². The predicted molar refractivity (Wildman–Crippen MR) is 112 cm³/mol. The topological polar surface area (TPSA) is 109 Å². The van der Waals surface area contributed by atoms with Crippen LogP contribution in [-0.2, 0) is 0 Å². The number of aromatic nitrogens is 7. The number of rotatable bonds is 5.